The molecule has 18 heteroatoms. The summed E-state index contributed by atoms with van der Waals surface area (Å²) in [7, 11) is 4.71. The highest BCUT2D eigenvalue weighted by Gasteiger charge is 2.32. The number of ether oxygens (including phenoxy) is 1. The van der Waals surface area contributed by atoms with Gasteiger partial charge in [-0.15, -0.1) is 0 Å². The summed E-state index contributed by atoms with van der Waals surface area (Å²) in [5, 5.41) is 9.91. The number of carbonyl (C=O) groups is 4. The van der Waals surface area contributed by atoms with Gasteiger partial charge in [0.15, 0.2) is 5.82 Å². The number of aromatic nitrogens is 3. The number of carbonyl (C=O) groups excluding carboxylic acids is 4. The molecule has 1 atom stereocenters. The van der Waals surface area contributed by atoms with Gasteiger partial charge in [0.1, 0.15) is 29.1 Å². The minimum absolute atomic E-state index is 0.0740. The van der Waals surface area contributed by atoms with Gasteiger partial charge in [-0.05, 0) is 73.2 Å². The Bertz CT molecular complexity index is 2720. The van der Waals surface area contributed by atoms with Crippen LogP contribution in [0, 0.1) is 17.5 Å². The van der Waals surface area contributed by atoms with Crippen molar-refractivity contribution < 1.29 is 37.1 Å². The zero-order valence-corrected chi connectivity index (χ0v) is 37.9. The van der Waals surface area contributed by atoms with E-state index < -0.39 is 29.4 Å². The largest absolute Gasteiger partial charge is 0.495 e. The zero-order valence-electron chi connectivity index (χ0n) is 37.9. The molecule has 6 heterocycles. The molecule has 0 aliphatic carbocycles. The number of piperidine rings is 2. The van der Waals surface area contributed by atoms with Crippen LogP contribution in [0.5, 0.6) is 5.75 Å². The van der Waals surface area contributed by atoms with E-state index in [1.807, 2.05) is 17.0 Å². The number of nitrogens with zero attached hydrogens (tertiary/aromatic N) is 7. The van der Waals surface area contributed by atoms with E-state index in [0.29, 0.717) is 91.8 Å². The smallest absolute Gasteiger partial charge is 0.269 e. The molecule has 352 valence electrons. The summed E-state index contributed by atoms with van der Waals surface area (Å²) in [6.07, 6.45) is 8.37. The van der Waals surface area contributed by atoms with Crippen LogP contribution in [0.1, 0.15) is 54.6 Å². The maximum absolute atomic E-state index is 16.6. The first-order valence-corrected chi connectivity index (χ1v) is 22.9. The predicted molar refractivity (Wildman–Crippen MR) is 249 cm³/mol. The van der Waals surface area contributed by atoms with Crippen LogP contribution >= 0.6 is 0 Å². The highest BCUT2D eigenvalue weighted by molar-refractivity contribution is 6.05. The molecule has 0 spiro atoms. The number of benzene rings is 3. The van der Waals surface area contributed by atoms with Crippen molar-refractivity contribution in [2.75, 3.05) is 88.7 Å². The third kappa shape index (κ3) is 9.44. The van der Waals surface area contributed by atoms with Crippen LogP contribution in [-0.2, 0) is 20.9 Å². The zero-order chi connectivity index (χ0) is 46.9. The Morgan fingerprint density at radius 3 is 2.39 bits per heavy atom. The Morgan fingerprint density at radius 2 is 1.69 bits per heavy atom. The maximum atomic E-state index is 16.6. The molecule has 3 N–H and O–H groups in total. The number of hydrogen-bond donors (Lipinski definition) is 3. The number of methoxy groups -OCH3 is 1. The van der Waals surface area contributed by atoms with Gasteiger partial charge in [-0.1, -0.05) is 6.08 Å². The van der Waals surface area contributed by atoms with Crippen molar-refractivity contribution in [2.45, 2.75) is 57.2 Å². The molecular weight excluding hydrogens is 866 g/mol. The van der Waals surface area contributed by atoms with E-state index in [4.69, 9.17) is 4.74 Å². The number of aryl methyl sites for hydroxylation is 1. The molecule has 4 aliphatic rings. The van der Waals surface area contributed by atoms with E-state index in [1.54, 1.807) is 66.4 Å². The highest BCUT2D eigenvalue weighted by atomic mass is 19.1. The van der Waals surface area contributed by atoms with Gasteiger partial charge in [0.25, 0.3) is 5.91 Å². The van der Waals surface area contributed by atoms with Crippen LogP contribution in [0.25, 0.3) is 27.6 Å². The lowest BCUT2D eigenvalue weighted by Gasteiger charge is -2.44. The van der Waals surface area contributed by atoms with Crippen molar-refractivity contribution in [3.8, 4) is 16.9 Å². The predicted octanol–water partition coefficient (Wildman–Crippen LogP) is 5.87. The quantitative estimate of drug-likeness (QED) is 0.130. The van der Waals surface area contributed by atoms with Crippen LogP contribution in [0.15, 0.2) is 67.0 Å². The molecule has 0 bridgehead atoms. The minimum atomic E-state index is -0.672. The third-order valence-electron chi connectivity index (χ3n) is 13.5. The topological polar surface area (TPSA) is 151 Å². The van der Waals surface area contributed by atoms with Gasteiger partial charge in [-0.3, -0.25) is 34.1 Å². The molecule has 5 aromatic rings. The summed E-state index contributed by atoms with van der Waals surface area (Å²) >= 11 is 0. The van der Waals surface area contributed by atoms with Crippen LogP contribution in [0.2, 0.25) is 0 Å². The molecule has 0 saturated carbocycles. The number of hydrogen-bond acceptors (Lipinski definition) is 10. The van der Waals surface area contributed by atoms with Crippen molar-refractivity contribution in [1.82, 2.24) is 34.8 Å². The lowest BCUT2D eigenvalue weighted by molar-refractivity contribution is -0.134. The molecular formula is C49H55F3N10O5. The summed E-state index contributed by atoms with van der Waals surface area (Å²) in [5.74, 6) is -2.28. The van der Waals surface area contributed by atoms with E-state index in [1.165, 1.54) is 24.1 Å². The number of imide groups is 1. The number of H-pyrrole nitrogens is 1. The van der Waals surface area contributed by atoms with E-state index in [9.17, 15) is 19.2 Å². The lowest BCUT2D eigenvalue weighted by Crippen LogP contribution is -2.53. The Morgan fingerprint density at radius 1 is 0.896 bits per heavy atom. The van der Waals surface area contributed by atoms with Crippen LogP contribution < -0.4 is 25.2 Å². The average Bonchev–Trinajstić information content (AvgIpc) is 4.04. The normalized spacial score (nSPS) is 18.6. The van der Waals surface area contributed by atoms with Gasteiger partial charge in [0.2, 0.25) is 17.7 Å². The second-order valence-corrected chi connectivity index (χ2v) is 17.9. The second kappa shape index (κ2) is 19.2. The summed E-state index contributed by atoms with van der Waals surface area (Å²) in [6.45, 7) is 5.21. The number of piperazine rings is 1. The number of aromatic amines is 1. The summed E-state index contributed by atoms with van der Waals surface area (Å²) < 4.78 is 56.1. The maximum Gasteiger partial charge on any atom is 0.269 e. The molecule has 67 heavy (non-hydrogen) atoms. The fourth-order valence-corrected chi connectivity index (χ4v) is 9.85. The molecule has 4 aliphatic heterocycles. The molecule has 9 rings (SSSR count). The molecule has 1 unspecified atom stereocenters. The number of rotatable bonds is 12. The van der Waals surface area contributed by atoms with Gasteiger partial charge in [-0.25, -0.2) is 13.2 Å². The Balaban J connectivity index is 0.867. The second-order valence-electron chi connectivity index (χ2n) is 17.9. The van der Waals surface area contributed by atoms with E-state index in [0.717, 1.165) is 31.6 Å². The fourth-order valence-electron chi connectivity index (χ4n) is 9.85. The van der Waals surface area contributed by atoms with E-state index in [-0.39, 0.29) is 59.4 Å². The standard InChI is InChI=1S/C49H55F3N10O5/c1-57(2)49(66)41-26-36-35(25-34(46(52)47(36)55-41)30-6-4-15-61(29-30)45(64)13-19-62-16-5-14-53-62)33-8-7-32(24-37(33)50)58-17-11-31(12-18-58)59-20-22-60(23-21-59)42-28-43(67-3)40(27-38(42)51)54-39-9-10-44(63)56-48(39)65/h5-8,14,16,24-28,31,39,54-55H,4,9-13,15,17-23,29H2,1-3H3,(H,56,63,65). The molecule has 2 aromatic heterocycles. The van der Waals surface area contributed by atoms with Gasteiger partial charge < -0.3 is 34.6 Å². The Hall–Kier alpha value is -6.82. The molecule has 4 amide bonds. The third-order valence-corrected chi connectivity index (χ3v) is 13.5. The van der Waals surface area contributed by atoms with Crippen molar-refractivity contribution in [3.05, 3.63) is 95.7 Å². The minimum Gasteiger partial charge on any atom is -0.495 e. The van der Waals surface area contributed by atoms with E-state index in [2.05, 4.69) is 30.5 Å². The van der Waals surface area contributed by atoms with E-state index >= 15 is 13.2 Å². The summed E-state index contributed by atoms with van der Waals surface area (Å²) in [5.41, 5.74) is 3.32. The van der Waals surface area contributed by atoms with Crippen LogP contribution in [0.4, 0.5) is 30.2 Å². The van der Waals surface area contributed by atoms with Crippen LogP contribution in [-0.4, -0.2) is 139 Å². The number of nitrogens with one attached hydrogen (secondary N) is 3. The van der Waals surface area contributed by atoms with Gasteiger partial charge in [0.05, 0.1) is 24.0 Å². The SMILES string of the molecule is COc1cc(N2CCN(C3CCN(c4ccc(-c5cc(C6=CCCN(C(=O)CCn7cccn7)C6)c(F)c6[nH]c(C(=O)N(C)C)cc56)c(F)c4)CC3)CC2)c(F)cc1NC1CCC(=O)NC1=O. The first-order chi connectivity index (χ1) is 32.3. The fraction of sp³-hybridized carbons (Fsp3) is 0.408. The van der Waals surface area contributed by atoms with Crippen LogP contribution in [0.3, 0.4) is 0 Å². The highest BCUT2D eigenvalue weighted by Crippen LogP contribution is 2.40. The number of fused-ring (bicyclic) bond motifs is 1. The van der Waals surface area contributed by atoms with Gasteiger partial charge in [-0.2, -0.15) is 5.10 Å². The molecule has 3 saturated heterocycles. The van der Waals surface area contributed by atoms with Crippen molar-refractivity contribution in [1.29, 1.82) is 0 Å². The van der Waals surface area contributed by atoms with Crippen molar-refractivity contribution in [2.24, 2.45) is 0 Å². The van der Waals surface area contributed by atoms with Crippen molar-refractivity contribution in [3.63, 3.8) is 0 Å². The summed E-state index contributed by atoms with van der Waals surface area (Å²) in [6, 6.07) is 12.8. The Labute approximate surface area is 386 Å². The lowest BCUT2D eigenvalue weighted by atomic mass is 9.92. The van der Waals surface area contributed by atoms with Gasteiger partial charge in [0, 0.05) is 139 Å². The average molecular weight is 921 g/mol. The van der Waals surface area contributed by atoms with Crippen molar-refractivity contribution >= 4 is 57.2 Å². The number of amides is 4. The number of anilines is 3. The molecule has 15 nitrogen and oxygen atoms in total. The number of halogens is 3. The first kappa shape index (κ1) is 45.3. The monoisotopic (exact) mass is 920 g/mol. The first-order valence-electron chi connectivity index (χ1n) is 22.9. The van der Waals surface area contributed by atoms with Gasteiger partial charge >= 0.3 is 0 Å². The summed E-state index contributed by atoms with van der Waals surface area (Å²) in [4.78, 5) is 63.0. The molecule has 3 fully saturated rings. The molecule has 3 aromatic carbocycles. The Kier molecular flexibility index (Phi) is 13.0. The molecule has 0 radical (unpaired) electrons.